The van der Waals surface area contributed by atoms with Gasteiger partial charge in [0.1, 0.15) is 11.5 Å². The molecular weight excluding hydrogens is 358 g/mol. The largest absolute Gasteiger partial charge is 0.496 e. The third-order valence-electron chi connectivity index (χ3n) is 4.08. The van der Waals surface area contributed by atoms with Gasteiger partial charge in [-0.1, -0.05) is 5.16 Å². The fourth-order valence-corrected chi connectivity index (χ4v) is 3.57. The van der Waals surface area contributed by atoms with E-state index >= 15 is 0 Å². The van der Waals surface area contributed by atoms with Crippen molar-refractivity contribution in [3.05, 3.63) is 40.5 Å². The van der Waals surface area contributed by atoms with Crippen LogP contribution in [0.15, 0.2) is 33.5 Å². The Labute approximate surface area is 140 Å². The number of nitrogens with one attached hydrogen (secondary N) is 1. The number of methoxy groups -OCH3 is 1. The van der Waals surface area contributed by atoms with Gasteiger partial charge in [0.25, 0.3) is 0 Å². The minimum absolute atomic E-state index is 0.787. The third-order valence-corrected chi connectivity index (χ3v) is 4.70. The molecular formula is C17H14BrN3O2. The van der Waals surface area contributed by atoms with Gasteiger partial charge in [-0.3, -0.25) is 4.98 Å². The first-order valence-corrected chi connectivity index (χ1v) is 7.95. The first kappa shape index (κ1) is 14.3. The van der Waals surface area contributed by atoms with E-state index < -0.39 is 0 Å². The van der Waals surface area contributed by atoms with Crippen LogP contribution in [0, 0.1) is 13.8 Å². The summed E-state index contributed by atoms with van der Waals surface area (Å²) in [5.41, 5.74) is 4.85. The van der Waals surface area contributed by atoms with E-state index in [2.05, 4.69) is 31.1 Å². The molecule has 1 aromatic carbocycles. The number of aromatic nitrogens is 3. The zero-order valence-electron chi connectivity index (χ0n) is 12.9. The molecule has 0 aliphatic heterocycles. The van der Waals surface area contributed by atoms with Gasteiger partial charge in [-0.05, 0) is 41.9 Å². The first-order valence-electron chi connectivity index (χ1n) is 7.16. The maximum Gasteiger partial charge on any atom is 0.141 e. The van der Waals surface area contributed by atoms with Crippen molar-refractivity contribution < 1.29 is 9.26 Å². The van der Waals surface area contributed by atoms with Gasteiger partial charge >= 0.3 is 0 Å². The minimum atomic E-state index is 0.787. The van der Waals surface area contributed by atoms with Crippen LogP contribution in [-0.4, -0.2) is 22.2 Å². The Balaban J connectivity index is 2.16. The predicted octanol–water partition coefficient (Wildman–Crippen LogP) is 4.76. The summed E-state index contributed by atoms with van der Waals surface area (Å²) in [4.78, 5) is 7.78. The maximum absolute atomic E-state index is 5.44. The molecule has 5 nitrogen and oxygen atoms in total. The quantitative estimate of drug-likeness (QED) is 0.551. The van der Waals surface area contributed by atoms with Gasteiger partial charge in [0, 0.05) is 33.6 Å². The Morgan fingerprint density at radius 1 is 1.17 bits per heavy atom. The molecule has 0 spiro atoms. The van der Waals surface area contributed by atoms with Gasteiger partial charge in [-0.15, -0.1) is 0 Å². The van der Waals surface area contributed by atoms with E-state index in [9.17, 15) is 0 Å². The molecule has 4 rings (SSSR count). The van der Waals surface area contributed by atoms with Crippen molar-refractivity contribution >= 4 is 37.7 Å². The van der Waals surface area contributed by atoms with Crippen LogP contribution in [-0.2, 0) is 0 Å². The lowest BCUT2D eigenvalue weighted by atomic mass is 10.0. The number of benzene rings is 1. The van der Waals surface area contributed by atoms with Crippen LogP contribution in [0.4, 0.5) is 0 Å². The molecule has 23 heavy (non-hydrogen) atoms. The van der Waals surface area contributed by atoms with Crippen molar-refractivity contribution in [1.82, 2.24) is 15.1 Å². The molecule has 0 radical (unpaired) electrons. The molecule has 0 saturated heterocycles. The molecule has 0 amide bonds. The number of ether oxygens (including phenoxy) is 1. The van der Waals surface area contributed by atoms with Crippen molar-refractivity contribution in [3.8, 4) is 16.9 Å². The Kier molecular flexibility index (Phi) is 3.16. The van der Waals surface area contributed by atoms with Gasteiger partial charge in [0.15, 0.2) is 0 Å². The van der Waals surface area contributed by atoms with Gasteiger partial charge in [0.2, 0.25) is 0 Å². The molecule has 116 valence electrons. The highest BCUT2D eigenvalue weighted by molar-refractivity contribution is 9.10. The standard InChI is InChI=1S/C17H14BrN3O2/c1-8-16(9(2)23-21-8)11-6-19-7-14-17(11)10-4-15(22-3)12(18)5-13(10)20-14/h4-7,20H,1-3H3. The number of hydrogen-bond donors (Lipinski definition) is 1. The summed E-state index contributed by atoms with van der Waals surface area (Å²) < 4.78 is 11.7. The Morgan fingerprint density at radius 3 is 2.70 bits per heavy atom. The summed E-state index contributed by atoms with van der Waals surface area (Å²) in [5.74, 6) is 1.58. The van der Waals surface area contributed by atoms with Crippen molar-refractivity contribution in [3.63, 3.8) is 0 Å². The zero-order valence-corrected chi connectivity index (χ0v) is 14.5. The molecule has 3 aromatic heterocycles. The molecule has 6 heteroatoms. The fraction of sp³-hybridized carbons (Fsp3) is 0.176. The zero-order chi connectivity index (χ0) is 16.1. The summed E-state index contributed by atoms with van der Waals surface area (Å²) in [5, 5.41) is 6.24. The number of rotatable bonds is 2. The van der Waals surface area contributed by atoms with E-state index in [4.69, 9.17) is 9.26 Å². The second kappa shape index (κ2) is 5.09. The number of hydrogen-bond acceptors (Lipinski definition) is 4. The van der Waals surface area contributed by atoms with Crippen LogP contribution in [0.3, 0.4) is 0 Å². The van der Waals surface area contributed by atoms with Crippen LogP contribution in [0.5, 0.6) is 5.75 Å². The predicted molar refractivity (Wildman–Crippen MR) is 92.8 cm³/mol. The first-order chi connectivity index (χ1) is 11.1. The van der Waals surface area contributed by atoms with Crippen molar-refractivity contribution in [2.75, 3.05) is 7.11 Å². The Hall–Kier alpha value is -2.34. The van der Waals surface area contributed by atoms with E-state index in [1.807, 2.05) is 38.4 Å². The molecule has 0 saturated carbocycles. The maximum atomic E-state index is 5.44. The van der Waals surface area contributed by atoms with Gasteiger partial charge < -0.3 is 14.2 Å². The number of aromatic amines is 1. The normalized spacial score (nSPS) is 11.5. The number of nitrogens with zero attached hydrogens (tertiary/aromatic N) is 2. The average molecular weight is 372 g/mol. The molecule has 0 aliphatic carbocycles. The van der Waals surface area contributed by atoms with Crippen molar-refractivity contribution in [2.45, 2.75) is 13.8 Å². The molecule has 0 atom stereocenters. The number of H-pyrrole nitrogens is 1. The molecule has 0 fully saturated rings. The summed E-state index contributed by atoms with van der Waals surface area (Å²) >= 11 is 3.53. The summed E-state index contributed by atoms with van der Waals surface area (Å²) in [6.45, 7) is 3.86. The second-order valence-corrected chi connectivity index (χ2v) is 6.32. The smallest absolute Gasteiger partial charge is 0.141 e. The van der Waals surface area contributed by atoms with Crippen molar-refractivity contribution in [2.24, 2.45) is 0 Å². The lowest BCUT2D eigenvalue weighted by Gasteiger charge is -2.05. The highest BCUT2D eigenvalue weighted by Gasteiger charge is 2.18. The summed E-state index contributed by atoms with van der Waals surface area (Å²) in [7, 11) is 1.66. The van der Waals surface area contributed by atoms with Gasteiger partial charge in [-0.25, -0.2) is 0 Å². The van der Waals surface area contributed by atoms with Crippen molar-refractivity contribution in [1.29, 1.82) is 0 Å². The highest BCUT2D eigenvalue weighted by atomic mass is 79.9. The number of pyridine rings is 1. The van der Waals surface area contributed by atoms with Gasteiger partial charge in [0.05, 0.1) is 29.0 Å². The number of halogens is 1. The van der Waals surface area contributed by atoms with Crippen LogP contribution in [0.25, 0.3) is 32.9 Å². The monoisotopic (exact) mass is 371 g/mol. The molecule has 4 aromatic rings. The number of aryl methyl sites for hydroxylation is 2. The summed E-state index contributed by atoms with van der Waals surface area (Å²) in [6, 6.07) is 4.05. The fourth-order valence-electron chi connectivity index (χ4n) is 3.07. The molecule has 0 unspecified atom stereocenters. The molecule has 0 aliphatic rings. The van der Waals surface area contributed by atoms with Gasteiger partial charge in [-0.2, -0.15) is 0 Å². The van der Waals surface area contributed by atoms with E-state index in [0.717, 1.165) is 54.6 Å². The SMILES string of the molecule is COc1cc2c(cc1Br)[nH]c1cncc(-c3c(C)noc3C)c12. The molecule has 0 bridgehead atoms. The Morgan fingerprint density at radius 2 is 2.00 bits per heavy atom. The third kappa shape index (κ3) is 2.05. The van der Waals surface area contributed by atoms with Crippen LogP contribution in [0.1, 0.15) is 11.5 Å². The molecule has 3 heterocycles. The highest BCUT2D eigenvalue weighted by Crippen LogP contribution is 2.39. The lowest BCUT2D eigenvalue weighted by molar-refractivity contribution is 0.393. The molecule has 1 N–H and O–H groups in total. The van der Waals surface area contributed by atoms with E-state index in [0.29, 0.717) is 0 Å². The topological polar surface area (TPSA) is 63.9 Å². The Bertz CT molecular complexity index is 1030. The van der Waals surface area contributed by atoms with Crippen LogP contribution >= 0.6 is 15.9 Å². The average Bonchev–Trinajstić information content (AvgIpc) is 3.05. The van der Waals surface area contributed by atoms with Crippen LogP contribution < -0.4 is 4.74 Å². The van der Waals surface area contributed by atoms with E-state index in [1.54, 1.807) is 7.11 Å². The van der Waals surface area contributed by atoms with E-state index in [1.165, 1.54) is 0 Å². The van der Waals surface area contributed by atoms with Crippen LogP contribution in [0.2, 0.25) is 0 Å². The van der Waals surface area contributed by atoms with E-state index in [-0.39, 0.29) is 0 Å². The number of fused-ring (bicyclic) bond motifs is 3. The minimum Gasteiger partial charge on any atom is -0.496 e. The summed E-state index contributed by atoms with van der Waals surface area (Å²) in [6.07, 6.45) is 3.69. The lowest BCUT2D eigenvalue weighted by Crippen LogP contribution is -1.86. The second-order valence-electron chi connectivity index (χ2n) is 5.47.